The Morgan fingerprint density at radius 1 is 0.806 bits per heavy atom. The van der Waals surface area contributed by atoms with E-state index in [4.69, 9.17) is 9.72 Å². The third-order valence-electron chi connectivity index (χ3n) is 6.61. The number of fused-ring (bicyclic) bond motifs is 3. The van der Waals surface area contributed by atoms with E-state index in [1.165, 1.54) is 16.3 Å². The van der Waals surface area contributed by atoms with Gasteiger partial charge in [0.25, 0.3) is 0 Å². The average molecular weight is 474 g/mol. The third-order valence-corrected chi connectivity index (χ3v) is 6.61. The lowest BCUT2D eigenvalue weighted by Gasteiger charge is -2.20. The number of pyridine rings is 1. The highest BCUT2D eigenvalue weighted by Gasteiger charge is 2.18. The Morgan fingerprint density at radius 3 is 2.42 bits per heavy atom. The van der Waals surface area contributed by atoms with E-state index in [0.29, 0.717) is 0 Å². The summed E-state index contributed by atoms with van der Waals surface area (Å²) >= 11 is 0. The predicted octanol–water partition coefficient (Wildman–Crippen LogP) is 6.88. The van der Waals surface area contributed by atoms with Crippen molar-refractivity contribution in [3.63, 3.8) is 0 Å². The second-order valence-corrected chi connectivity index (χ2v) is 10.3. The monoisotopic (exact) mass is 473 g/mol. The van der Waals surface area contributed by atoms with Gasteiger partial charge in [-0.3, -0.25) is 4.57 Å². The highest BCUT2D eigenvalue weighted by Crippen LogP contribution is 2.35. The van der Waals surface area contributed by atoms with Gasteiger partial charge in [0, 0.05) is 29.1 Å². The minimum Gasteiger partial charge on any atom is -0.457 e. The lowest BCUT2D eigenvalue weighted by Crippen LogP contribution is -2.23. The van der Waals surface area contributed by atoms with Crippen LogP contribution in [0.25, 0.3) is 33.3 Å². The topological polar surface area (TPSA) is 35.9 Å². The van der Waals surface area contributed by atoms with E-state index in [2.05, 4.69) is 84.5 Å². The van der Waals surface area contributed by atoms with Crippen LogP contribution in [0.4, 0.5) is 0 Å². The average Bonchev–Trinajstić information content (AvgIpc) is 3.45. The fourth-order valence-corrected chi connectivity index (χ4v) is 4.71. The van der Waals surface area contributed by atoms with Crippen LogP contribution in [0, 0.1) is 0 Å². The summed E-state index contributed by atoms with van der Waals surface area (Å²) in [6, 6.07) is 27.2. The van der Waals surface area contributed by atoms with Crippen molar-refractivity contribution in [2.45, 2.75) is 26.2 Å². The van der Waals surface area contributed by atoms with Crippen molar-refractivity contribution in [3.05, 3.63) is 109 Å². The maximum atomic E-state index is 6.37. The number of rotatable bonds is 4. The summed E-state index contributed by atoms with van der Waals surface area (Å²) < 4.78 is 12.7. The van der Waals surface area contributed by atoms with Crippen molar-refractivity contribution >= 4 is 21.8 Å². The SMILES string of the molecule is C[n+]1ccn(-c2cccc(Oc3ccc4c5ccccc5n(-c5cc(C(C)(C)C)ccn5)c4c3)c2)c1. The number of hydrogen-bond acceptors (Lipinski definition) is 2. The molecule has 0 atom stereocenters. The fraction of sp³-hybridized carbons (Fsp3) is 0.161. The van der Waals surface area contributed by atoms with Gasteiger partial charge in [-0.1, -0.05) is 45.0 Å². The van der Waals surface area contributed by atoms with Gasteiger partial charge in [-0.25, -0.2) is 14.1 Å². The van der Waals surface area contributed by atoms with Gasteiger partial charge in [0.15, 0.2) is 0 Å². The van der Waals surface area contributed by atoms with E-state index < -0.39 is 0 Å². The largest absolute Gasteiger partial charge is 0.457 e. The van der Waals surface area contributed by atoms with Gasteiger partial charge in [-0.15, -0.1) is 0 Å². The lowest BCUT2D eigenvalue weighted by molar-refractivity contribution is -0.670. The van der Waals surface area contributed by atoms with Crippen LogP contribution >= 0.6 is 0 Å². The van der Waals surface area contributed by atoms with Crippen molar-refractivity contribution in [2.75, 3.05) is 0 Å². The van der Waals surface area contributed by atoms with Gasteiger partial charge in [-0.05, 0) is 53.4 Å². The third kappa shape index (κ3) is 3.93. The molecule has 0 aliphatic rings. The first kappa shape index (κ1) is 22.1. The maximum absolute atomic E-state index is 6.37. The Kier molecular flexibility index (Phi) is 5.15. The number of hydrogen-bond donors (Lipinski definition) is 0. The molecule has 0 bridgehead atoms. The van der Waals surface area contributed by atoms with Gasteiger partial charge in [-0.2, -0.15) is 0 Å². The number of imidazole rings is 1. The minimum atomic E-state index is 0.0342. The van der Waals surface area contributed by atoms with Gasteiger partial charge in [0.05, 0.1) is 18.1 Å². The molecule has 5 heteroatoms. The summed E-state index contributed by atoms with van der Waals surface area (Å²) in [7, 11) is 2.01. The molecule has 0 N–H and O–H groups in total. The normalized spacial score (nSPS) is 11.9. The lowest BCUT2D eigenvalue weighted by atomic mass is 9.88. The Balaban J connectivity index is 1.47. The van der Waals surface area contributed by atoms with E-state index in [1.54, 1.807) is 0 Å². The molecular weight excluding hydrogens is 444 g/mol. The zero-order valence-corrected chi connectivity index (χ0v) is 21.0. The summed E-state index contributed by atoms with van der Waals surface area (Å²) in [4.78, 5) is 4.77. The van der Waals surface area contributed by atoms with Crippen molar-refractivity contribution in [1.82, 2.24) is 14.1 Å². The molecule has 0 spiro atoms. The van der Waals surface area contributed by atoms with E-state index in [-0.39, 0.29) is 5.41 Å². The molecule has 3 aromatic carbocycles. The summed E-state index contributed by atoms with van der Waals surface area (Å²) in [6.45, 7) is 6.68. The molecule has 0 unspecified atom stereocenters. The molecule has 3 heterocycles. The van der Waals surface area contributed by atoms with Crippen LogP contribution in [0.5, 0.6) is 11.5 Å². The zero-order valence-electron chi connectivity index (χ0n) is 21.0. The van der Waals surface area contributed by atoms with Crippen molar-refractivity contribution in [2.24, 2.45) is 7.05 Å². The Morgan fingerprint density at radius 2 is 1.61 bits per heavy atom. The smallest absolute Gasteiger partial charge is 0.248 e. The van der Waals surface area contributed by atoms with Crippen LogP contribution in [-0.4, -0.2) is 14.1 Å². The fourth-order valence-electron chi connectivity index (χ4n) is 4.71. The maximum Gasteiger partial charge on any atom is 0.248 e. The van der Waals surface area contributed by atoms with Crippen LogP contribution in [0.3, 0.4) is 0 Å². The molecule has 6 aromatic rings. The first-order valence-electron chi connectivity index (χ1n) is 12.2. The number of aromatic nitrogens is 4. The zero-order chi connectivity index (χ0) is 24.9. The van der Waals surface area contributed by atoms with E-state index in [0.717, 1.165) is 34.0 Å². The second kappa shape index (κ2) is 8.38. The van der Waals surface area contributed by atoms with Crippen LogP contribution in [0.1, 0.15) is 26.3 Å². The van der Waals surface area contributed by atoms with Gasteiger partial charge < -0.3 is 4.74 Å². The molecule has 0 saturated carbocycles. The number of para-hydroxylation sites is 1. The Bertz CT molecular complexity index is 1720. The van der Waals surface area contributed by atoms with Crippen LogP contribution in [0.15, 0.2) is 104 Å². The van der Waals surface area contributed by atoms with E-state index in [9.17, 15) is 0 Å². The highest BCUT2D eigenvalue weighted by molar-refractivity contribution is 6.09. The molecule has 0 saturated heterocycles. The Labute approximate surface area is 210 Å². The van der Waals surface area contributed by atoms with Crippen molar-refractivity contribution < 1.29 is 9.30 Å². The van der Waals surface area contributed by atoms with Gasteiger partial charge in [0.1, 0.15) is 35.4 Å². The number of ether oxygens (including phenoxy) is 1. The molecule has 6 rings (SSSR count). The van der Waals surface area contributed by atoms with Crippen LogP contribution in [-0.2, 0) is 12.5 Å². The summed E-state index contributed by atoms with van der Waals surface area (Å²) in [6.07, 6.45) is 7.98. The molecule has 178 valence electrons. The molecule has 3 aromatic heterocycles. The van der Waals surface area contributed by atoms with Gasteiger partial charge in [0.2, 0.25) is 6.33 Å². The quantitative estimate of drug-likeness (QED) is 0.262. The van der Waals surface area contributed by atoms with Crippen LogP contribution < -0.4 is 9.30 Å². The molecule has 0 amide bonds. The summed E-state index contributed by atoms with van der Waals surface area (Å²) in [5.41, 5.74) is 4.53. The van der Waals surface area contributed by atoms with E-state index >= 15 is 0 Å². The van der Waals surface area contributed by atoms with Gasteiger partial charge >= 0.3 is 0 Å². The van der Waals surface area contributed by atoms with Crippen molar-refractivity contribution in [1.29, 1.82) is 0 Å². The Hall–Kier alpha value is -4.38. The molecule has 0 aliphatic carbocycles. The molecule has 36 heavy (non-hydrogen) atoms. The molecule has 0 aliphatic heterocycles. The molecule has 0 radical (unpaired) electrons. The first-order valence-corrected chi connectivity index (χ1v) is 12.2. The highest BCUT2D eigenvalue weighted by atomic mass is 16.5. The minimum absolute atomic E-state index is 0.0342. The molecule has 0 fully saturated rings. The number of nitrogens with zero attached hydrogens (tertiary/aromatic N) is 4. The predicted molar refractivity (Wildman–Crippen MR) is 144 cm³/mol. The van der Waals surface area contributed by atoms with Crippen LogP contribution in [0.2, 0.25) is 0 Å². The van der Waals surface area contributed by atoms with Crippen molar-refractivity contribution in [3.8, 4) is 23.0 Å². The molecular formula is C31H29N4O+. The molecule has 5 nitrogen and oxygen atoms in total. The second-order valence-electron chi connectivity index (χ2n) is 10.3. The summed E-state index contributed by atoms with van der Waals surface area (Å²) in [5.74, 6) is 2.49. The summed E-state index contributed by atoms with van der Waals surface area (Å²) in [5, 5.41) is 2.37. The van der Waals surface area contributed by atoms with E-state index in [1.807, 2.05) is 60.8 Å². The first-order chi connectivity index (χ1) is 17.4. The number of aryl methyl sites for hydroxylation is 1. The standard InChI is InChI=1S/C31H29N4O/c1-31(2,3)22-14-15-32-30(18-22)35-28-11-6-5-10-26(28)27-13-12-25(20-29(27)35)36-24-9-7-8-23(19-24)34-17-16-33(4)21-34/h5-21H,1-4H3/q+1. The number of benzene rings is 3.